The van der Waals surface area contributed by atoms with E-state index in [1.165, 1.54) is 25.7 Å². The smallest absolute Gasteiger partial charge is 0.269 e. The van der Waals surface area contributed by atoms with Crippen LogP contribution in [0.5, 0.6) is 0 Å². The summed E-state index contributed by atoms with van der Waals surface area (Å²) >= 11 is 0. The fraction of sp³-hybridized carbons (Fsp3) is 0.381. The molecule has 0 radical (unpaired) electrons. The van der Waals surface area contributed by atoms with Crippen LogP contribution in [0.1, 0.15) is 34.9 Å². The third kappa shape index (κ3) is 4.27. The largest absolute Gasteiger partial charge is 0.354 e. The van der Waals surface area contributed by atoms with Gasteiger partial charge in [-0.05, 0) is 24.1 Å². The lowest BCUT2D eigenvalue weighted by atomic mass is 9.92. The molecule has 3 heterocycles. The fourth-order valence-electron chi connectivity index (χ4n) is 4.00. The number of aromatic nitrogens is 2. The summed E-state index contributed by atoms with van der Waals surface area (Å²) in [7, 11) is 1.48. The molecule has 168 valence electrons. The molecule has 32 heavy (non-hydrogen) atoms. The lowest BCUT2D eigenvalue weighted by Gasteiger charge is -2.36. The number of hydrazone groups is 1. The molecule has 2 aliphatic rings. The van der Waals surface area contributed by atoms with Gasteiger partial charge in [-0.2, -0.15) is 5.10 Å². The van der Waals surface area contributed by atoms with Gasteiger partial charge in [0.05, 0.1) is 18.5 Å². The summed E-state index contributed by atoms with van der Waals surface area (Å²) in [5.41, 5.74) is 0.423. The average Bonchev–Trinajstić information content (AvgIpc) is 3.27. The van der Waals surface area contributed by atoms with E-state index < -0.39 is 35.7 Å². The Hall–Kier alpha value is -3.50. The molecule has 1 saturated heterocycles. The Morgan fingerprint density at radius 1 is 1.12 bits per heavy atom. The van der Waals surface area contributed by atoms with E-state index in [-0.39, 0.29) is 36.6 Å². The summed E-state index contributed by atoms with van der Waals surface area (Å²) in [6.07, 6.45) is 1.67. The van der Waals surface area contributed by atoms with Gasteiger partial charge in [0.25, 0.3) is 5.91 Å². The normalized spacial score (nSPS) is 22.8. The van der Waals surface area contributed by atoms with E-state index in [2.05, 4.69) is 20.4 Å². The van der Waals surface area contributed by atoms with Crippen molar-refractivity contribution in [3.63, 3.8) is 0 Å². The van der Waals surface area contributed by atoms with E-state index in [0.717, 1.165) is 23.2 Å². The molecule has 11 heteroatoms. The van der Waals surface area contributed by atoms with Gasteiger partial charge in [0, 0.05) is 38.4 Å². The molecular weight excluding hydrogens is 425 g/mol. The lowest BCUT2D eigenvalue weighted by Crippen LogP contribution is -2.48. The Morgan fingerprint density at radius 3 is 2.56 bits per heavy atom. The second-order valence-corrected chi connectivity index (χ2v) is 7.63. The summed E-state index contributed by atoms with van der Waals surface area (Å²) in [5, 5.41) is 7.63. The van der Waals surface area contributed by atoms with Gasteiger partial charge < -0.3 is 10.2 Å². The van der Waals surface area contributed by atoms with Crippen LogP contribution in [-0.4, -0.2) is 59.3 Å². The van der Waals surface area contributed by atoms with Crippen LogP contribution in [-0.2, 0) is 4.79 Å². The van der Waals surface area contributed by atoms with Gasteiger partial charge in [0.1, 0.15) is 35.6 Å². The van der Waals surface area contributed by atoms with Gasteiger partial charge in [-0.15, -0.1) is 0 Å². The quantitative estimate of drug-likeness (QED) is 0.778. The number of nitrogens with one attached hydrogen (secondary N) is 1. The van der Waals surface area contributed by atoms with E-state index >= 15 is 4.39 Å². The molecule has 1 fully saturated rings. The molecule has 0 saturated carbocycles. The molecule has 0 spiro atoms. The van der Waals surface area contributed by atoms with Crippen molar-refractivity contribution in [1.82, 2.24) is 20.3 Å². The predicted molar refractivity (Wildman–Crippen MR) is 110 cm³/mol. The van der Waals surface area contributed by atoms with Crippen LogP contribution in [0.2, 0.25) is 0 Å². The van der Waals surface area contributed by atoms with Gasteiger partial charge in [0.15, 0.2) is 0 Å². The van der Waals surface area contributed by atoms with Crippen molar-refractivity contribution in [2.24, 2.45) is 11.0 Å². The van der Waals surface area contributed by atoms with Crippen LogP contribution >= 0.6 is 0 Å². The highest BCUT2D eigenvalue weighted by atomic mass is 19.1. The number of benzene rings is 1. The molecule has 2 aliphatic heterocycles. The number of hydrogen-bond acceptors (Lipinski definition) is 6. The Bertz CT molecular complexity index is 1050. The van der Waals surface area contributed by atoms with Gasteiger partial charge in [-0.1, -0.05) is 0 Å². The minimum absolute atomic E-state index is 0.0998. The number of amides is 2. The molecule has 3 atom stereocenters. The van der Waals surface area contributed by atoms with E-state index in [1.54, 1.807) is 4.90 Å². The molecule has 2 aromatic rings. The zero-order valence-electron chi connectivity index (χ0n) is 17.2. The second-order valence-electron chi connectivity index (χ2n) is 7.63. The van der Waals surface area contributed by atoms with E-state index in [0.29, 0.717) is 12.4 Å². The SMILES string of the molecule is CNC(=O)c1cc(N2CCC(C(=O)N3N=CCC3c3cc(F)cc(F)c3)[C@H](F)C2)ncn1. The third-order valence-corrected chi connectivity index (χ3v) is 5.62. The number of halogens is 3. The number of piperidine rings is 1. The number of nitrogens with zero attached hydrogens (tertiary/aromatic N) is 5. The lowest BCUT2D eigenvalue weighted by molar-refractivity contribution is -0.140. The summed E-state index contributed by atoms with van der Waals surface area (Å²) in [4.78, 5) is 34.5. The first-order valence-electron chi connectivity index (χ1n) is 10.1. The average molecular weight is 446 g/mol. The van der Waals surface area contributed by atoms with Gasteiger partial charge >= 0.3 is 0 Å². The standard InChI is InChI=1S/C21H21F3N6O2/c1-25-20(31)17-9-19(27-11-26-17)29-5-3-15(16(24)10-29)21(32)30-18(2-4-28-30)12-6-13(22)8-14(23)7-12/h4,6-9,11,15-16,18H,2-3,5,10H2,1H3,(H,25,31)/t15?,16-,18?/m1/s1. The van der Waals surface area contributed by atoms with Crippen molar-refractivity contribution >= 4 is 23.8 Å². The third-order valence-electron chi connectivity index (χ3n) is 5.62. The van der Waals surface area contributed by atoms with Crippen LogP contribution in [0.4, 0.5) is 19.0 Å². The highest BCUT2D eigenvalue weighted by Gasteiger charge is 2.40. The minimum atomic E-state index is -1.52. The molecule has 4 rings (SSSR count). The molecule has 1 aromatic heterocycles. The molecule has 2 unspecified atom stereocenters. The maximum absolute atomic E-state index is 15.1. The van der Waals surface area contributed by atoms with Crippen molar-refractivity contribution in [3.05, 3.63) is 53.5 Å². The van der Waals surface area contributed by atoms with Crippen molar-refractivity contribution in [2.45, 2.75) is 25.1 Å². The minimum Gasteiger partial charge on any atom is -0.354 e. The molecular formula is C21H21F3N6O2. The first-order valence-corrected chi connectivity index (χ1v) is 10.1. The van der Waals surface area contributed by atoms with Crippen LogP contribution in [0, 0.1) is 17.6 Å². The summed E-state index contributed by atoms with van der Waals surface area (Å²) in [6.45, 7) is 0.231. The number of alkyl halides is 1. The highest BCUT2D eigenvalue weighted by molar-refractivity contribution is 5.92. The zero-order chi connectivity index (χ0) is 22.8. The van der Waals surface area contributed by atoms with Crippen LogP contribution in [0.15, 0.2) is 35.7 Å². The maximum atomic E-state index is 15.1. The number of hydrogen-bond donors (Lipinski definition) is 1. The number of carbonyl (C=O) groups excluding carboxylic acids is 2. The topological polar surface area (TPSA) is 90.8 Å². The van der Waals surface area contributed by atoms with Crippen molar-refractivity contribution in [1.29, 1.82) is 0 Å². The van der Waals surface area contributed by atoms with Crippen molar-refractivity contribution < 1.29 is 22.8 Å². The predicted octanol–water partition coefficient (Wildman–Crippen LogP) is 2.24. The van der Waals surface area contributed by atoms with E-state index in [4.69, 9.17) is 0 Å². The highest BCUT2D eigenvalue weighted by Crippen LogP contribution is 2.34. The molecule has 0 aliphatic carbocycles. The van der Waals surface area contributed by atoms with Gasteiger partial charge in [-0.3, -0.25) is 9.59 Å². The van der Waals surface area contributed by atoms with Gasteiger partial charge in [-0.25, -0.2) is 28.1 Å². The Morgan fingerprint density at radius 2 is 1.88 bits per heavy atom. The number of anilines is 1. The Balaban J connectivity index is 1.47. The first kappa shape index (κ1) is 21.7. The number of rotatable bonds is 4. The number of carbonyl (C=O) groups is 2. The first-order chi connectivity index (χ1) is 15.4. The Labute approximate surface area is 182 Å². The van der Waals surface area contributed by atoms with E-state index in [1.807, 2.05) is 0 Å². The molecule has 1 aromatic carbocycles. The molecule has 2 amide bonds. The second kappa shape index (κ2) is 8.93. The van der Waals surface area contributed by atoms with Crippen LogP contribution in [0.3, 0.4) is 0 Å². The zero-order valence-corrected chi connectivity index (χ0v) is 17.2. The van der Waals surface area contributed by atoms with Crippen molar-refractivity contribution in [3.8, 4) is 0 Å². The van der Waals surface area contributed by atoms with E-state index in [9.17, 15) is 18.4 Å². The Kier molecular flexibility index (Phi) is 6.06. The molecule has 8 nitrogen and oxygen atoms in total. The summed E-state index contributed by atoms with van der Waals surface area (Å²) in [6, 6.07) is 3.83. The molecule has 1 N–H and O–H groups in total. The van der Waals surface area contributed by atoms with Gasteiger partial charge in [0.2, 0.25) is 5.91 Å². The summed E-state index contributed by atoms with van der Waals surface area (Å²) in [5.74, 6) is -2.99. The maximum Gasteiger partial charge on any atom is 0.269 e. The summed E-state index contributed by atoms with van der Waals surface area (Å²) < 4.78 is 42.4. The van der Waals surface area contributed by atoms with Crippen LogP contribution < -0.4 is 10.2 Å². The monoisotopic (exact) mass is 446 g/mol. The molecule has 0 bridgehead atoms. The van der Waals surface area contributed by atoms with Crippen molar-refractivity contribution in [2.75, 3.05) is 25.0 Å². The fourth-order valence-corrected chi connectivity index (χ4v) is 4.00. The van der Waals surface area contributed by atoms with Crippen LogP contribution in [0.25, 0.3) is 0 Å².